The number of unbranched alkanes of at least 4 members (excludes halogenated alkanes) is 5. The Balaban J connectivity index is 0.00000441. The summed E-state index contributed by atoms with van der Waals surface area (Å²) < 4.78 is 5.22. The van der Waals surface area contributed by atoms with Crippen molar-refractivity contribution in [2.75, 3.05) is 6.54 Å². The first-order valence-electron chi connectivity index (χ1n) is 8.12. The lowest BCUT2D eigenvalue weighted by Crippen LogP contribution is -2.32. The average molecular weight is 422 g/mol. The smallest absolute Gasteiger partial charge is 0.189 e. The monoisotopic (exact) mass is 422 g/mol. The van der Waals surface area contributed by atoms with Crippen LogP contribution in [0.3, 0.4) is 0 Å². The molecule has 0 aliphatic carbocycles. The third-order valence-corrected chi connectivity index (χ3v) is 3.41. The van der Waals surface area contributed by atoms with E-state index in [0.717, 1.165) is 24.4 Å². The molecule has 0 aliphatic rings. The fraction of sp³-hybridized carbons (Fsp3) is 0.750. The number of aromatic nitrogens is 1. The van der Waals surface area contributed by atoms with Crippen molar-refractivity contribution in [2.24, 2.45) is 10.7 Å². The molecule has 1 heterocycles. The Kier molecular flexibility index (Phi) is 12.3. The molecular formula is C16H31IN4O. The Bertz CT molecular complexity index is 418. The second-order valence-corrected chi connectivity index (χ2v) is 5.77. The highest BCUT2D eigenvalue weighted by Gasteiger charge is 2.06. The molecule has 128 valence electrons. The molecule has 0 spiro atoms. The van der Waals surface area contributed by atoms with Crippen LogP contribution in [0.1, 0.15) is 76.7 Å². The fourth-order valence-corrected chi connectivity index (χ4v) is 2.02. The van der Waals surface area contributed by atoms with Crippen molar-refractivity contribution in [1.82, 2.24) is 10.5 Å². The maximum absolute atomic E-state index is 5.83. The Hall–Kier alpha value is -0.790. The maximum atomic E-state index is 5.83. The van der Waals surface area contributed by atoms with E-state index in [1.54, 1.807) is 0 Å². The van der Waals surface area contributed by atoms with Gasteiger partial charge in [0.2, 0.25) is 0 Å². The molecule has 0 atom stereocenters. The first-order chi connectivity index (χ1) is 10.1. The zero-order valence-corrected chi connectivity index (χ0v) is 16.4. The zero-order chi connectivity index (χ0) is 15.5. The van der Waals surface area contributed by atoms with Gasteiger partial charge in [-0.25, -0.2) is 4.99 Å². The van der Waals surface area contributed by atoms with E-state index in [2.05, 4.69) is 36.2 Å². The number of nitrogens with one attached hydrogen (secondary N) is 1. The van der Waals surface area contributed by atoms with E-state index in [1.807, 2.05) is 6.07 Å². The molecule has 0 saturated heterocycles. The minimum atomic E-state index is 0. The third-order valence-electron chi connectivity index (χ3n) is 3.41. The number of aliphatic imine (C=N–C) groups is 1. The molecule has 1 aromatic heterocycles. The number of hydrogen-bond acceptors (Lipinski definition) is 3. The molecule has 0 radical (unpaired) electrons. The van der Waals surface area contributed by atoms with E-state index in [-0.39, 0.29) is 24.0 Å². The summed E-state index contributed by atoms with van der Waals surface area (Å²) in [6, 6.07) is 1.94. The summed E-state index contributed by atoms with van der Waals surface area (Å²) >= 11 is 0. The summed E-state index contributed by atoms with van der Waals surface area (Å²) in [5.41, 5.74) is 6.78. The summed E-state index contributed by atoms with van der Waals surface area (Å²) in [5.74, 6) is 1.60. The van der Waals surface area contributed by atoms with Gasteiger partial charge in [0.15, 0.2) is 11.7 Å². The molecule has 22 heavy (non-hydrogen) atoms. The summed E-state index contributed by atoms with van der Waals surface area (Å²) in [7, 11) is 0. The van der Waals surface area contributed by atoms with Crippen LogP contribution in [0, 0.1) is 0 Å². The number of guanidine groups is 1. The van der Waals surface area contributed by atoms with Crippen LogP contribution in [0.25, 0.3) is 0 Å². The van der Waals surface area contributed by atoms with Crippen molar-refractivity contribution in [3.8, 4) is 0 Å². The van der Waals surface area contributed by atoms with Gasteiger partial charge in [-0.2, -0.15) is 0 Å². The van der Waals surface area contributed by atoms with E-state index in [0.29, 0.717) is 18.4 Å². The molecule has 1 aromatic rings. The number of nitrogens with zero attached hydrogens (tertiary/aromatic N) is 2. The van der Waals surface area contributed by atoms with Gasteiger partial charge in [0.05, 0.1) is 5.69 Å². The van der Waals surface area contributed by atoms with E-state index in [9.17, 15) is 0 Å². The molecule has 0 aliphatic heterocycles. The first-order valence-corrected chi connectivity index (χ1v) is 8.12. The molecule has 3 N–H and O–H groups in total. The van der Waals surface area contributed by atoms with Gasteiger partial charge >= 0.3 is 0 Å². The number of rotatable bonds is 10. The van der Waals surface area contributed by atoms with Crippen LogP contribution in [0.15, 0.2) is 15.6 Å². The van der Waals surface area contributed by atoms with Gasteiger partial charge in [0, 0.05) is 12.6 Å². The van der Waals surface area contributed by atoms with Crippen molar-refractivity contribution >= 4 is 29.9 Å². The normalized spacial score (nSPS) is 11.5. The largest absolute Gasteiger partial charge is 0.370 e. The molecule has 6 heteroatoms. The molecule has 1 rings (SSSR count). The van der Waals surface area contributed by atoms with Crippen LogP contribution in [-0.2, 0) is 6.54 Å². The lowest BCUT2D eigenvalue weighted by atomic mass is 10.1. The van der Waals surface area contributed by atoms with Gasteiger partial charge in [0.25, 0.3) is 0 Å². The van der Waals surface area contributed by atoms with E-state index in [4.69, 9.17) is 10.3 Å². The van der Waals surface area contributed by atoms with E-state index >= 15 is 0 Å². The highest BCUT2D eigenvalue weighted by atomic mass is 127. The summed E-state index contributed by atoms with van der Waals surface area (Å²) in [6.45, 7) is 7.73. The van der Waals surface area contributed by atoms with Crippen LogP contribution < -0.4 is 11.1 Å². The SMILES string of the molecule is CCCCCCCCNC(N)=NCc1cc(C(C)C)no1.I. The highest BCUT2D eigenvalue weighted by molar-refractivity contribution is 14.0. The van der Waals surface area contributed by atoms with Crippen molar-refractivity contribution in [1.29, 1.82) is 0 Å². The van der Waals surface area contributed by atoms with Crippen LogP contribution in [0.4, 0.5) is 0 Å². The summed E-state index contributed by atoms with van der Waals surface area (Å²) in [5, 5.41) is 7.14. The highest BCUT2D eigenvalue weighted by Crippen LogP contribution is 2.14. The van der Waals surface area contributed by atoms with Crippen LogP contribution >= 0.6 is 24.0 Å². The Morgan fingerprint density at radius 3 is 2.59 bits per heavy atom. The fourth-order valence-electron chi connectivity index (χ4n) is 2.02. The standard InChI is InChI=1S/C16H30N4O.HI/c1-4-5-6-7-8-9-10-18-16(17)19-12-14-11-15(13(2)3)20-21-14;/h11,13H,4-10,12H2,1-3H3,(H3,17,18,19);1H. The maximum Gasteiger partial charge on any atom is 0.189 e. The van der Waals surface area contributed by atoms with Gasteiger partial charge in [0.1, 0.15) is 6.54 Å². The van der Waals surface area contributed by atoms with Crippen molar-refractivity contribution < 1.29 is 4.52 Å². The molecule has 0 saturated carbocycles. The third kappa shape index (κ3) is 9.27. The predicted molar refractivity (Wildman–Crippen MR) is 103 cm³/mol. The minimum absolute atomic E-state index is 0. The molecule has 0 bridgehead atoms. The average Bonchev–Trinajstić information content (AvgIpc) is 2.93. The molecule has 0 aromatic carbocycles. The van der Waals surface area contributed by atoms with Crippen molar-refractivity contribution in [2.45, 2.75) is 71.8 Å². The number of halogens is 1. The molecular weight excluding hydrogens is 391 g/mol. The van der Waals surface area contributed by atoms with Gasteiger partial charge < -0.3 is 15.6 Å². The first kappa shape index (κ1) is 21.2. The molecule has 0 fully saturated rings. The Morgan fingerprint density at radius 1 is 1.27 bits per heavy atom. The van der Waals surface area contributed by atoms with Gasteiger partial charge in [-0.1, -0.05) is 58.0 Å². The van der Waals surface area contributed by atoms with Gasteiger partial charge in [-0.15, -0.1) is 24.0 Å². The lowest BCUT2D eigenvalue weighted by Gasteiger charge is -2.05. The van der Waals surface area contributed by atoms with E-state index in [1.165, 1.54) is 32.1 Å². The molecule has 0 unspecified atom stereocenters. The van der Waals surface area contributed by atoms with Crippen molar-refractivity contribution in [3.05, 3.63) is 17.5 Å². The van der Waals surface area contributed by atoms with Crippen LogP contribution in [0.5, 0.6) is 0 Å². The van der Waals surface area contributed by atoms with Crippen molar-refractivity contribution in [3.63, 3.8) is 0 Å². The Labute approximate surface area is 151 Å². The lowest BCUT2D eigenvalue weighted by molar-refractivity contribution is 0.376. The zero-order valence-electron chi connectivity index (χ0n) is 14.1. The van der Waals surface area contributed by atoms with Crippen LogP contribution in [0.2, 0.25) is 0 Å². The second kappa shape index (κ2) is 12.7. The van der Waals surface area contributed by atoms with Gasteiger partial charge in [-0.05, 0) is 12.3 Å². The summed E-state index contributed by atoms with van der Waals surface area (Å²) in [4.78, 5) is 4.26. The number of hydrogen-bond donors (Lipinski definition) is 2. The minimum Gasteiger partial charge on any atom is -0.370 e. The summed E-state index contributed by atoms with van der Waals surface area (Å²) in [6.07, 6.45) is 7.66. The quantitative estimate of drug-likeness (QED) is 0.257. The molecule has 5 nitrogen and oxygen atoms in total. The topological polar surface area (TPSA) is 76.4 Å². The van der Waals surface area contributed by atoms with Gasteiger partial charge in [-0.3, -0.25) is 0 Å². The predicted octanol–water partition coefficient (Wildman–Crippen LogP) is 4.18. The molecule has 0 amide bonds. The second-order valence-electron chi connectivity index (χ2n) is 5.77. The number of nitrogens with two attached hydrogens (primary N) is 1. The van der Waals surface area contributed by atoms with Crippen LogP contribution in [-0.4, -0.2) is 17.7 Å². The van der Waals surface area contributed by atoms with E-state index < -0.39 is 0 Å². The Morgan fingerprint density at radius 2 is 1.95 bits per heavy atom.